The molecule has 0 spiro atoms. The number of anilines is 1. The van der Waals surface area contributed by atoms with Gasteiger partial charge < -0.3 is 10.1 Å². The number of ether oxygens (including phenoxy) is 1. The van der Waals surface area contributed by atoms with E-state index in [2.05, 4.69) is 23.5 Å². The Labute approximate surface area is 198 Å². The minimum atomic E-state index is -0.501. The van der Waals surface area contributed by atoms with Crippen molar-refractivity contribution in [3.63, 3.8) is 0 Å². The van der Waals surface area contributed by atoms with Gasteiger partial charge in [0.25, 0.3) is 5.91 Å². The summed E-state index contributed by atoms with van der Waals surface area (Å²) in [6.45, 7) is -0.355. The van der Waals surface area contributed by atoms with E-state index in [0.717, 1.165) is 52.6 Å². The summed E-state index contributed by atoms with van der Waals surface area (Å²) in [4.78, 5) is 30.6. The van der Waals surface area contributed by atoms with Crippen LogP contribution in [-0.2, 0) is 16.0 Å². The van der Waals surface area contributed by atoms with E-state index >= 15 is 0 Å². The highest BCUT2D eigenvalue weighted by atomic mass is 16.5. The second kappa shape index (κ2) is 9.71. The van der Waals surface area contributed by atoms with Crippen molar-refractivity contribution in [1.29, 1.82) is 0 Å². The Bertz CT molecular complexity index is 1380. The largest absolute Gasteiger partial charge is 0.452 e. The van der Waals surface area contributed by atoms with Crippen molar-refractivity contribution in [2.24, 2.45) is 0 Å². The number of hydrogen-bond acceptors (Lipinski definition) is 4. The number of fused-ring (bicyclic) bond motifs is 2. The molecule has 1 amide bonds. The molecule has 1 heterocycles. The molecule has 1 N–H and O–H groups in total. The van der Waals surface area contributed by atoms with E-state index in [1.54, 1.807) is 12.1 Å². The highest BCUT2D eigenvalue weighted by Gasteiger charge is 2.26. The molecule has 0 unspecified atom stereocenters. The highest BCUT2D eigenvalue weighted by Crippen LogP contribution is 2.36. The maximum Gasteiger partial charge on any atom is 0.339 e. The minimum absolute atomic E-state index is 0.355. The Morgan fingerprint density at radius 2 is 1.59 bits per heavy atom. The minimum Gasteiger partial charge on any atom is -0.452 e. The van der Waals surface area contributed by atoms with Crippen LogP contribution in [0.2, 0.25) is 0 Å². The molecule has 0 aliphatic heterocycles. The molecule has 0 radical (unpaired) electrons. The standard InChI is InChI=1S/C29H24N2O3/c32-26(30-22-13-5-2-6-14-22)19-34-29(33)27-23-15-7-8-17-25(23)31-28-21(12-9-16-24(27)28)18-20-10-3-1-4-11-20/h1-8,10-11,13-15,17-18H,9,12,16,19H2,(H,30,32)/b21-18-. The third-order valence-electron chi connectivity index (χ3n) is 5.91. The number of nitrogens with one attached hydrogen (secondary N) is 1. The zero-order chi connectivity index (χ0) is 23.3. The lowest BCUT2D eigenvalue weighted by molar-refractivity contribution is -0.119. The molecule has 5 heteroatoms. The molecule has 4 aromatic rings. The normalized spacial score (nSPS) is 13.9. The molecule has 3 aromatic carbocycles. The summed E-state index contributed by atoms with van der Waals surface area (Å²) in [5.41, 5.74) is 5.84. The van der Waals surface area contributed by atoms with Crippen molar-refractivity contribution in [3.8, 4) is 0 Å². The van der Waals surface area contributed by atoms with Crippen molar-refractivity contribution in [3.05, 3.63) is 107 Å². The Hall–Kier alpha value is -4.25. The van der Waals surface area contributed by atoms with Gasteiger partial charge in [-0.3, -0.25) is 4.79 Å². The maximum atomic E-state index is 13.3. The topological polar surface area (TPSA) is 68.3 Å². The van der Waals surface area contributed by atoms with Crippen molar-refractivity contribution in [1.82, 2.24) is 4.98 Å². The number of benzene rings is 3. The van der Waals surface area contributed by atoms with Gasteiger partial charge in [0.1, 0.15) is 0 Å². The van der Waals surface area contributed by atoms with E-state index in [9.17, 15) is 9.59 Å². The van der Waals surface area contributed by atoms with Crippen molar-refractivity contribution >= 4 is 40.1 Å². The van der Waals surface area contributed by atoms with Gasteiger partial charge in [-0.15, -0.1) is 0 Å². The van der Waals surface area contributed by atoms with E-state index in [-0.39, 0.29) is 12.5 Å². The van der Waals surface area contributed by atoms with Gasteiger partial charge in [0.2, 0.25) is 0 Å². The molecule has 5 nitrogen and oxygen atoms in total. The van der Waals surface area contributed by atoms with Crippen LogP contribution in [-0.4, -0.2) is 23.5 Å². The van der Waals surface area contributed by atoms with Crippen LogP contribution in [0.4, 0.5) is 5.69 Å². The molecule has 168 valence electrons. The van der Waals surface area contributed by atoms with E-state index in [0.29, 0.717) is 11.3 Å². The second-order valence-corrected chi connectivity index (χ2v) is 8.26. The summed E-state index contributed by atoms with van der Waals surface area (Å²) in [7, 11) is 0. The maximum absolute atomic E-state index is 13.3. The van der Waals surface area contributed by atoms with Crippen molar-refractivity contribution in [2.45, 2.75) is 19.3 Å². The number of allylic oxidation sites excluding steroid dienone is 1. The molecule has 0 saturated heterocycles. The first-order valence-corrected chi connectivity index (χ1v) is 11.4. The summed E-state index contributed by atoms with van der Waals surface area (Å²) in [6, 6.07) is 26.8. The van der Waals surface area contributed by atoms with Crippen LogP contribution in [0.1, 0.15) is 40.0 Å². The number of carbonyl (C=O) groups is 2. The van der Waals surface area contributed by atoms with Crippen molar-refractivity contribution in [2.75, 3.05) is 11.9 Å². The molecule has 5 rings (SSSR count). The lowest BCUT2D eigenvalue weighted by Gasteiger charge is -2.22. The molecule has 34 heavy (non-hydrogen) atoms. The molecule has 1 aliphatic rings. The Balaban J connectivity index is 1.47. The molecule has 0 atom stereocenters. The summed E-state index contributed by atoms with van der Waals surface area (Å²) >= 11 is 0. The summed E-state index contributed by atoms with van der Waals surface area (Å²) in [6.07, 6.45) is 4.68. The fourth-order valence-corrected chi connectivity index (χ4v) is 4.38. The van der Waals surface area contributed by atoms with Gasteiger partial charge in [-0.1, -0.05) is 66.7 Å². The third-order valence-corrected chi connectivity index (χ3v) is 5.91. The molecule has 0 fully saturated rings. The number of rotatable bonds is 5. The van der Waals surface area contributed by atoms with Gasteiger partial charge in [0, 0.05) is 11.1 Å². The average Bonchev–Trinajstić information content (AvgIpc) is 2.87. The first kappa shape index (κ1) is 21.6. The number of hydrogen-bond donors (Lipinski definition) is 1. The van der Waals surface area contributed by atoms with Crippen LogP contribution in [0.25, 0.3) is 22.6 Å². The Morgan fingerprint density at radius 3 is 2.38 bits per heavy atom. The van der Waals surface area contributed by atoms with Crippen LogP contribution in [0, 0.1) is 0 Å². The van der Waals surface area contributed by atoms with Crippen LogP contribution in [0.15, 0.2) is 84.9 Å². The van der Waals surface area contributed by atoms with Gasteiger partial charge in [-0.2, -0.15) is 0 Å². The molecular weight excluding hydrogens is 424 g/mol. The zero-order valence-corrected chi connectivity index (χ0v) is 18.7. The second-order valence-electron chi connectivity index (χ2n) is 8.26. The molecule has 0 bridgehead atoms. The number of esters is 1. The molecular formula is C29H24N2O3. The number of nitrogens with zero attached hydrogens (tertiary/aromatic N) is 1. The first-order valence-electron chi connectivity index (χ1n) is 11.4. The van der Waals surface area contributed by atoms with Crippen LogP contribution < -0.4 is 5.32 Å². The summed E-state index contributed by atoms with van der Waals surface area (Å²) in [5, 5.41) is 3.49. The van der Waals surface area contributed by atoms with Crippen LogP contribution in [0.5, 0.6) is 0 Å². The predicted octanol–water partition coefficient (Wildman–Crippen LogP) is 5.91. The van der Waals surface area contributed by atoms with Gasteiger partial charge in [0.15, 0.2) is 6.61 Å². The van der Waals surface area contributed by atoms with Gasteiger partial charge in [-0.25, -0.2) is 9.78 Å². The first-order chi connectivity index (χ1) is 16.7. The van der Waals surface area contributed by atoms with E-state index < -0.39 is 5.97 Å². The molecule has 1 aromatic heterocycles. The summed E-state index contributed by atoms with van der Waals surface area (Å²) in [5.74, 6) is -0.879. The van der Waals surface area contributed by atoms with E-state index in [1.807, 2.05) is 60.7 Å². The SMILES string of the molecule is O=C(COC(=O)c1c2c(nc3ccccc13)/C(=C\c1ccccc1)CCC2)Nc1ccccc1. The Morgan fingerprint density at radius 1 is 0.882 bits per heavy atom. The molecule has 0 saturated carbocycles. The van der Waals surface area contributed by atoms with Crippen LogP contribution in [0.3, 0.4) is 0 Å². The number of amides is 1. The van der Waals surface area contributed by atoms with E-state index in [1.165, 1.54) is 0 Å². The monoisotopic (exact) mass is 448 g/mol. The zero-order valence-electron chi connectivity index (χ0n) is 18.7. The third kappa shape index (κ3) is 4.59. The Kier molecular flexibility index (Phi) is 6.17. The average molecular weight is 449 g/mol. The van der Waals surface area contributed by atoms with Crippen LogP contribution >= 0.6 is 0 Å². The quantitative estimate of drug-likeness (QED) is 0.386. The van der Waals surface area contributed by atoms with Gasteiger partial charge in [-0.05, 0) is 60.2 Å². The fourth-order valence-electron chi connectivity index (χ4n) is 4.38. The molecule has 1 aliphatic carbocycles. The fraction of sp³-hybridized carbons (Fsp3) is 0.138. The predicted molar refractivity (Wildman–Crippen MR) is 134 cm³/mol. The van der Waals surface area contributed by atoms with Crippen molar-refractivity contribution < 1.29 is 14.3 Å². The highest BCUT2D eigenvalue weighted by molar-refractivity contribution is 6.07. The number of para-hydroxylation sites is 2. The van der Waals surface area contributed by atoms with Gasteiger partial charge in [0.05, 0.1) is 16.8 Å². The van der Waals surface area contributed by atoms with E-state index in [4.69, 9.17) is 9.72 Å². The lowest BCUT2D eigenvalue weighted by Crippen LogP contribution is -2.22. The smallest absolute Gasteiger partial charge is 0.339 e. The number of pyridine rings is 1. The van der Waals surface area contributed by atoms with Gasteiger partial charge >= 0.3 is 5.97 Å². The summed E-state index contributed by atoms with van der Waals surface area (Å²) < 4.78 is 5.49. The number of carbonyl (C=O) groups excluding carboxylic acids is 2. The lowest BCUT2D eigenvalue weighted by atomic mass is 9.86. The number of aromatic nitrogens is 1.